The van der Waals surface area contributed by atoms with Crippen LogP contribution in [0.3, 0.4) is 0 Å². The normalized spacial score (nSPS) is 17.3. The first-order chi connectivity index (χ1) is 7.17. The first-order valence-electron chi connectivity index (χ1n) is 4.91. The van der Waals surface area contributed by atoms with Crippen molar-refractivity contribution < 1.29 is 4.74 Å². The zero-order chi connectivity index (χ0) is 10.9. The summed E-state index contributed by atoms with van der Waals surface area (Å²) in [5.41, 5.74) is 0.162. The number of anilines is 1. The van der Waals surface area contributed by atoms with Crippen LogP contribution >= 0.6 is 11.6 Å². The second-order valence-electron chi connectivity index (χ2n) is 3.67. The van der Waals surface area contributed by atoms with Crippen LogP contribution in [-0.4, -0.2) is 27.6 Å². The highest BCUT2D eigenvalue weighted by molar-refractivity contribution is 6.28. The number of aromatic nitrogens is 3. The van der Waals surface area contributed by atoms with E-state index in [2.05, 4.69) is 27.2 Å². The van der Waals surface area contributed by atoms with E-state index >= 15 is 0 Å². The van der Waals surface area contributed by atoms with Gasteiger partial charge in [0.15, 0.2) is 0 Å². The lowest BCUT2D eigenvalue weighted by atomic mass is 10.2. The van der Waals surface area contributed by atoms with Gasteiger partial charge in [-0.1, -0.05) is 6.92 Å². The Morgan fingerprint density at radius 1 is 1.40 bits per heavy atom. The molecular formula is C9H13ClN4O. The molecule has 82 valence electrons. The molecule has 0 aliphatic heterocycles. The maximum absolute atomic E-state index is 5.74. The highest BCUT2D eigenvalue weighted by Crippen LogP contribution is 2.41. The fourth-order valence-corrected chi connectivity index (χ4v) is 1.59. The Morgan fingerprint density at radius 2 is 2.13 bits per heavy atom. The summed E-state index contributed by atoms with van der Waals surface area (Å²) in [6, 6.07) is 0.240. The van der Waals surface area contributed by atoms with Crippen LogP contribution < -0.4 is 10.1 Å². The molecule has 5 nitrogen and oxygen atoms in total. The van der Waals surface area contributed by atoms with Gasteiger partial charge in [-0.05, 0) is 30.9 Å². The molecule has 2 rings (SSSR count). The maximum Gasteiger partial charge on any atom is 0.322 e. The summed E-state index contributed by atoms with van der Waals surface area (Å²) in [5, 5.41) is 3.42. The minimum absolute atomic E-state index is 0.149. The van der Waals surface area contributed by atoms with Gasteiger partial charge in [-0.2, -0.15) is 15.0 Å². The Hall–Kier alpha value is -1.10. The second kappa shape index (κ2) is 3.81. The predicted octanol–water partition coefficient (Wildman–Crippen LogP) is 1.89. The summed E-state index contributed by atoms with van der Waals surface area (Å²) in [6.45, 7) is 2.14. The van der Waals surface area contributed by atoms with Crippen molar-refractivity contribution in [2.75, 3.05) is 12.4 Å². The Bertz CT molecular complexity index is 367. The molecule has 0 unspecified atom stereocenters. The highest BCUT2D eigenvalue weighted by atomic mass is 35.5. The highest BCUT2D eigenvalue weighted by Gasteiger charge is 2.41. The molecule has 0 aromatic carbocycles. The summed E-state index contributed by atoms with van der Waals surface area (Å²) in [6.07, 6.45) is 3.35. The number of rotatable bonds is 4. The number of methoxy groups -OCH3 is 1. The number of hydrogen-bond donors (Lipinski definition) is 1. The summed E-state index contributed by atoms with van der Waals surface area (Å²) < 4.78 is 4.92. The molecular weight excluding hydrogens is 216 g/mol. The van der Waals surface area contributed by atoms with Crippen LogP contribution in [0.2, 0.25) is 5.28 Å². The van der Waals surface area contributed by atoms with Crippen molar-refractivity contribution in [3.8, 4) is 6.01 Å². The SMILES string of the molecule is CCC1(Nc2nc(Cl)nc(OC)n2)CC1. The third kappa shape index (κ3) is 2.28. The first-order valence-corrected chi connectivity index (χ1v) is 5.29. The molecule has 1 aliphatic carbocycles. The molecule has 6 heteroatoms. The quantitative estimate of drug-likeness (QED) is 0.853. The second-order valence-corrected chi connectivity index (χ2v) is 4.01. The Kier molecular flexibility index (Phi) is 2.65. The van der Waals surface area contributed by atoms with Gasteiger partial charge in [0.2, 0.25) is 11.2 Å². The molecule has 0 atom stereocenters. The van der Waals surface area contributed by atoms with Gasteiger partial charge < -0.3 is 10.1 Å². The van der Waals surface area contributed by atoms with Gasteiger partial charge in [0, 0.05) is 5.54 Å². The Balaban J connectivity index is 2.17. The molecule has 15 heavy (non-hydrogen) atoms. The third-order valence-electron chi connectivity index (χ3n) is 2.68. The van der Waals surface area contributed by atoms with Crippen molar-refractivity contribution in [1.82, 2.24) is 15.0 Å². The largest absolute Gasteiger partial charge is 0.467 e. The molecule has 1 aromatic rings. The Labute approximate surface area is 93.2 Å². The maximum atomic E-state index is 5.74. The zero-order valence-corrected chi connectivity index (χ0v) is 9.51. The number of halogens is 1. The lowest BCUT2D eigenvalue weighted by molar-refractivity contribution is 0.378. The van der Waals surface area contributed by atoms with Crippen LogP contribution in [0.5, 0.6) is 6.01 Å². The summed E-state index contributed by atoms with van der Waals surface area (Å²) in [4.78, 5) is 11.9. The van der Waals surface area contributed by atoms with Gasteiger partial charge in [0.05, 0.1) is 7.11 Å². The van der Waals surface area contributed by atoms with E-state index in [4.69, 9.17) is 16.3 Å². The van der Waals surface area contributed by atoms with Gasteiger partial charge in [0.1, 0.15) is 0 Å². The van der Waals surface area contributed by atoms with E-state index in [-0.39, 0.29) is 16.8 Å². The Morgan fingerprint density at radius 3 is 2.67 bits per heavy atom. The van der Waals surface area contributed by atoms with Gasteiger partial charge in [-0.15, -0.1) is 0 Å². The van der Waals surface area contributed by atoms with E-state index in [0.29, 0.717) is 5.95 Å². The molecule has 0 saturated heterocycles. The smallest absolute Gasteiger partial charge is 0.322 e. The van der Waals surface area contributed by atoms with Gasteiger partial charge in [-0.3, -0.25) is 0 Å². The first kappa shape index (κ1) is 10.4. The molecule has 1 fully saturated rings. The third-order valence-corrected chi connectivity index (χ3v) is 2.85. The van der Waals surface area contributed by atoms with Crippen LogP contribution in [0.25, 0.3) is 0 Å². The lowest BCUT2D eigenvalue weighted by Crippen LogP contribution is -2.21. The van der Waals surface area contributed by atoms with Crippen molar-refractivity contribution >= 4 is 17.5 Å². The average Bonchev–Trinajstić information content (AvgIpc) is 2.97. The van der Waals surface area contributed by atoms with Crippen molar-refractivity contribution in [2.24, 2.45) is 0 Å². The fraction of sp³-hybridized carbons (Fsp3) is 0.667. The van der Waals surface area contributed by atoms with E-state index in [0.717, 1.165) is 19.3 Å². The van der Waals surface area contributed by atoms with Gasteiger partial charge in [-0.25, -0.2) is 0 Å². The average molecular weight is 229 g/mol. The molecule has 1 saturated carbocycles. The monoisotopic (exact) mass is 228 g/mol. The van der Waals surface area contributed by atoms with Crippen molar-refractivity contribution in [3.05, 3.63) is 5.28 Å². The van der Waals surface area contributed by atoms with Crippen molar-refractivity contribution in [1.29, 1.82) is 0 Å². The van der Waals surface area contributed by atoms with Crippen molar-refractivity contribution in [3.63, 3.8) is 0 Å². The van der Waals surface area contributed by atoms with Crippen LogP contribution in [0.4, 0.5) is 5.95 Å². The van der Waals surface area contributed by atoms with E-state index in [1.165, 1.54) is 7.11 Å². The number of nitrogens with one attached hydrogen (secondary N) is 1. The van der Waals surface area contributed by atoms with E-state index in [1.807, 2.05) is 0 Å². The number of hydrogen-bond acceptors (Lipinski definition) is 5. The van der Waals surface area contributed by atoms with Gasteiger partial charge in [0.25, 0.3) is 0 Å². The van der Waals surface area contributed by atoms with E-state index < -0.39 is 0 Å². The molecule has 0 spiro atoms. The van der Waals surface area contributed by atoms with Gasteiger partial charge >= 0.3 is 6.01 Å². The molecule has 1 aliphatic rings. The number of ether oxygens (including phenoxy) is 1. The van der Waals surface area contributed by atoms with Crippen LogP contribution in [0.1, 0.15) is 26.2 Å². The fourth-order valence-electron chi connectivity index (χ4n) is 1.43. The summed E-state index contributed by atoms with van der Waals surface area (Å²) in [5.74, 6) is 0.492. The number of nitrogens with zero attached hydrogens (tertiary/aromatic N) is 3. The molecule has 1 N–H and O–H groups in total. The molecule has 0 radical (unpaired) electrons. The summed E-state index contributed by atoms with van der Waals surface area (Å²) in [7, 11) is 1.50. The molecule has 1 heterocycles. The molecule has 0 amide bonds. The summed E-state index contributed by atoms with van der Waals surface area (Å²) >= 11 is 5.74. The minimum Gasteiger partial charge on any atom is -0.467 e. The molecule has 0 bridgehead atoms. The standard InChI is InChI=1S/C9H13ClN4O/c1-3-9(4-5-9)14-7-11-6(10)12-8(13-7)15-2/h3-5H2,1-2H3,(H,11,12,13,14). The molecule has 1 aromatic heterocycles. The predicted molar refractivity (Wildman–Crippen MR) is 57.3 cm³/mol. The van der Waals surface area contributed by atoms with Crippen LogP contribution in [0.15, 0.2) is 0 Å². The van der Waals surface area contributed by atoms with Crippen molar-refractivity contribution in [2.45, 2.75) is 31.7 Å². The van der Waals surface area contributed by atoms with Crippen LogP contribution in [0, 0.1) is 0 Å². The zero-order valence-electron chi connectivity index (χ0n) is 8.75. The van der Waals surface area contributed by atoms with E-state index in [9.17, 15) is 0 Å². The topological polar surface area (TPSA) is 59.9 Å². The van der Waals surface area contributed by atoms with Crippen LogP contribution in [-0.2, 0) is 0 Å². The lowest BCUT2D eigenvalue weighted by Gasteiger charge is -2.14. The minimum atomic E-state index is 0.149. The van der Waals surface area contributed by atoms with E-state index in [1.54, 1.807) is 0 Å².